The lowest BCUT2D eigenvalue weighted by atomic mass is 10.1. The van der Waals surface area contributed by atoms with E-state index in [-0.39, 0.29) is 18.8 Å². The van der Waals surface area contributed by atoms with E-state index in [1.165, 1.54) is 0 Å². The molecular formula is C17H17N3O4S. The molecule has 1 N–H and O–H groups in total. The number of nitrogens with zero attached hydrogens (tertiary/aromatic N) is 2. The molecule has 0 aliphatic carbocycles. The molecule has 7 nitrogen and oxygen atoms in total. The molecule has 0 radical (unpaired) electrons. The first-order valence-corrected chi connectivity index (χ1v) is 9.37. The third kappa shape index (κ3) is 3.75. The normalized spacial score (nSPS) is 14.0. The SMILES string of the molecule is Cc1ccc2c(c1)C(=O)N(CCS(=O)(=O)NCc1ccccn1)C2=O. The molecular weight excluding hydrogens is 342 g/mol. The number of hydrogen-bond donors (Lipinski definition) is 1. The lowest BCUT2D eigenvalue weighted by Crippen LogP contribution is -2.37. The topological polar surface area (TPSA) is 96.4 Å². The average molecular weight is 359 g/mol. The molecule has 2 amide bonds. The molecule has 0 atom stereocenters. The van der Waals surface area contributed by atoms with E-state index in [0.717, 1.165) is 10.5 Å². The zero-order valence-electron chi connectivity index (χ0n) is 13.6. The third-order valence-electron chi connectivity index (χ3n) is 3.91. The van der Waals surface area contributed by atoms with E-state index in [1.807, 2.05) is 6.92 Å². The van der Waals surface area contributed by atoms with Gasteiger partial charge >= 0.3 is 0 Å². The van der Waals surface area contributed by atoms with Gasteiger partial charge in [0.15, 0.2) is 0 Å². The molecule has 0 saturated heterocycles. The first-order chi connectivity index (χ1) is 11.9. The third-order valence-corrected chi connectivity index (χ3v) is 5.21. The largest absolute Gasteiger partial charge is 0.273 e. The van der Waals surface area contributed by atoms with Gasteiger partial charge in [-0.2, -0.15) is 0 Å². The van der Waals surface area contributed by atoms with Crippen molar-refractivity contribution in [1.82, 2.24) is 14.6 Å². The van der Waals surface area contributed by atoms with E-state index in [0.29, 0.717) is 16.8 Å². The van der Waals surface area contributed by atoms with Crippen LogP contribution in [0.5, 0.6) is 0 Å². The van der Waals surface area contributed by atoms with E-state index >= 15 is 0 Å². The Hall–Kier alpha value is -2.58. The van der Waals surface area contributed by atoms with Gasteiger partial charge in [-0.1, -0.05) is 17.7 Å². The summed E-state index contributed by atoms with van der Waals surface area (Å²) >= 11 is 0. The highest BCUT2D eigenvalue weighted by molar-refractivity contribution is 7.89. The molecule has 1 aromatic heterocycles. The van der Waals surface area contributed by atoms with Crippen molar-refractivity contribution < 1.29 is 18.0 Å². The van der Waals surface area contributed by atoms with E-state index in [4.69, 9.17) is 0 Å². The number of aromatic nitrogens is 1. The van der Waals surface area contributed by atoms with Gasteiger partial charge in [0.25, 0.3) is 11.8 Å². The molecule has 130 valence electrons. The number of pyridine rings is 1. The Morgan fingerprint density at radius 1 is 1.08 bits per heavy atom. The molecule has 0 fully saturated rings. The van der Waals surface area contributed by atoms with Crippen LogP contribution in [-0.2, 0) is 16.6 Å². The number of carbonyl (C=O) groups is 2. The number of rotatable bonds is 6. The molecule has 25 heavy (non-hydrogen) atoms. The second kappa shape index (κ2) is 6.73. The number of fused-ring (bicyclic) bond motifs is 1. The maximum absolute atomic E-state index is 12.3. The van der Waals surface area contributed by atoms with Gasteiger partial charge < -0.3 is 0 Å². The van der Waals surface area contributed by atoms with Gasteiger partial charge in [-0.15, -0.1) is 0 Å². The highest BCUT2D eigenvalue weighted by atomic mass is 32.2. The van der Waals surface area contributed by atoms with Gasteiger partial charge in [0.05, 0.1) is 29.1 Å². The van der Waals surface area contributed by atoms with Crippen molar-refractivity contribution in [3.63, 3.8) is 0 Å². The number of carbonyl (C=O) groups excluding carboxylic acids is 2. The van der Waals surface area contributed by atoms with Crippen LogP contribution in [0.4, 0.5) is 0 Å². The second-order valence-corrected chi connectivity index (χ2v) is 7.70. The van der Waals surface area contributed by atoms with E-state index in [1.54, 1.807) is 42.6 Å². The Balaban J connectivity index is 1.63. The number of imide groups is 1. The van der Waals surface area contributed by atoms with Crippen LogP contribution in [0.15, 0.2) is 42.6 Å². The standard InChI is InChI=1S/C17H17N3O4S/c1-12-5-6-14-15(10-12)17(22)20(16(14)21)8-9-25(23,24)19-11-13-4-2-3-7-18-13/h2-7,10,19H,8-9,11H2,1H3. The van der Waals surface area contributed by atoms with Crippen molar-refractivity contribution in [2.75, 3.05) is 12.3 Å². The van der Waals surface area contributed by atoms with Crippen molar-refractivity contribution in [2.24, 2.45) is 0 Å². The van der Waals surface area contributed by atoms with E-state index in [2.05, 4.69) is 9.71 Å². The van der Waals surface area contributed by atoms with Crippen LogP contribution in [0.2, 0.25) is 0 Å². The van der Waals surface area contributed by atoms with Crippen LogP contribution in [0, 0.1) is 6.92 Å². The molecule has 0 unspecified atom stereocenters. The van der Waals surface area contributed by atoms with Crippen LogP contribution in [0.3, 0.4) is 0 Å². The van der Waals surface area contributed by atoms with Crippen molar-refractivity contribution in [1.29, 1.82) is 0 Å². The molecule has 1 aliphatic rings. The van der Waals surface area contributed by atoms with Crippen LogP contribution < -0.4 is 4.72 Å². The molecule has 1 aromatic carbocycles. The van der Waals surface area contributed by atoms with Crippen LogP contribution in [0.25, 0.3) is 0 Å². The van der Waals surface area contributed by atoms with Crippen molar-refractivity contribution in [3.05, 3.63) is 65.0 Å². The lowest BCUT2D eigenvalue weighted by molar-refractivity contribution is 0.0664. The zero-order chi connectivity index (χ0) is 18.0. The molecule has 0 bridgehead atoms. The minimum absolute atomic E-state index is 0.0600. The van der Waals surface area contributed by atoms with Crippen molar-refractivity contribution in [2.45, 2.75) is 13.5 Å². The number of aryl methyl sites for hydroxylation is 1. The predicted octanol–water partition coefficient (Wildman–Crippen LogP) is 1.11. The minimum Gasteiger partial charge on any atom is -0.273 e. The summed E-state index contributed by atoms with van der Waals surface area (Å²) in [5, 5.41) is 0. The van der Waals surface area contributed by atoms with E-state index < -0.39 is 21.8 Å². The Morgan fingerprint density at radius 2 is 1.84 bits per heavy atom. The maximum atomic E-state index is 12.3. The van der Waals surface area contributed by atoms with Crippen LogP contribution >= 0.6 is 0 Å². The first kappa shape index (κ1) is 17.2. The Bertz CT molecular complexity index is 926. The highest BCUT2D eigenvalue weighted by Crippen LogP contribution is 2.23. The number of hydrogen-bond acceptors (Lipinski definition) is 5. The van der Waals surface area contributed by atoms with Gasteiger partial charge in [0, 0.05) is 12.7 Å². The molecule has 0 saturated carbocycles. The quantitative estimate of drug-likeness (QED) is 0.779. The van der Waals surface area contributed by atoms with Gasteiger partial charge in [0.2, 0.25) is 10.0 Å². The number of amides is 2. The fourth-order valence-corrected chi connectivity index (χ4v) is 3.51. The van der Waals surface area contributed by atoms with E-state index in [9.17, 15) is 18.0 Å². The first-order valence-electron chi connectivity index (χ1n) is 7.71. The zero-order valence-corrected chi connectivity index (χ0v) is 14.4. The molecule has 8 heteroatoms. The summed E-state index contributed by atoms with van der Waals surface area (Å²) in [5.41, 5.74) is 2.09. The fourth-order valence-electron chi connectivity index (χ4n) is 2.58. The lowest BCUT2D eigenvalue weighted by Gasteiger charge is -2.14. The summed E-state index contributed by atoms with van der Waals surface area (Å²) in [5.74, 6) is -1.27. The summed E-state index contributed by atoms with van der Waals surface area (Å²) in [6.07, 6.45) is 1.57. The summed E-state index contributed by atoms with van der Waals surface area (Å²) in [6.45, 7) is 1.69. The Labute approximate surface area is 145 Å². The van der Waals surface area contributed by atoms with Gasteiger partial charge in [0.1, 0.15) is 0 Å². The fraction of sp³-hybridized carbons (Fsp3) is 0.235. The molecule has 1 aliphatic heterocycles. The molecule has 2 heterocycles. The summed E-state index contributed by atoms with van der Waals surface area (Å²) in [7, 11) is -3.65. The number of nitrogens with one attached hydrogen (secondary N) is 1. The Morgan fingerprint density at radius 3 is 2.56 bits per heavy atom. The minimum atomic E-state index is -3.65. The van der Waals surface area contributed by atoms with Crippen molar-refractivity contribution >= 4 is 21.8 Å². The molecule has 2 aromatic rings. The summed E-state index contributed by atoms with van der Waals surface area (Å²) < 4.78 is 26.6. The average Bonchev–Trinajstić information content (AvgIpc) is 2.83. The summed E-state index contributed by atoms with van der Waals surface area (Å²) in [6, 6.07) is 10.2. The molecule has 3 rings (SSSR count). The number of sulfonamides is 1. The second-order valence-electron chi connectivity index (χ2n) is 5.77. The maximum Gasteiger partial charge on any atom is 0.261 e. The van der Waals surface area contributed by atoms with Gasteiger partial charge in [-0.25, -0.2) is 13.1 Å². The molecule has 0 spiro atoms. The Kier molecular flexibility index (Phi) is 4.65. The summed E-state index contributed by atoms with van der Waals surface area (Å²) in [4.78, 5) is 29.6. The predicted molar refractivity (Wildman–Crippen MR) is 91.4 cm³/mol. The van der Waals surface area contributed by atoms with Gasteiger partial charge in [-0.05, 0) is 31.2 Å². The van der Waals surface area contributed by atoms with Gasteiger partial charge in [-0.3, -0.25) is 19.5 Å². The monoisotopic (exact) mass is 359 g/mol. The smallest absolute Gasteiger partial charge is 0.261 e. The van der Waals surface area contributed by atoms with Crippen molar-refractivity contribution in [3.8, 4) is 0 Å². The van der Waals surface area contributed by atoms with Crippen LogP contribution in [-0.4, -0.2) is 42.4 Å². The number of benzene rings is 1. The highest BCUT2D eigenvalue weighted by Gasteiger charge is 2.35. The van der Waals surface area contributed by atoms with Crippen LogP contribution in [0.1, 0.15) is 32.0 Å².